The summed E-state index contributed by atoms with van der Waals surface area (Å²) in [6.45, 7) is 11.7. The number of imidazole rings is 1. The summed E-state index contributed by atoms with van der Waals surface area (Å²) in [6, 6.07) is 8.52. The number of halogens is 3. The monoisotopic (exact) mass is 548 g/mol. The van der Waals surface area contributed by atoms with E-state index in [2.05, 4.69) is 26.9 Å². The molecule has 4 aromatic rings. The van der Waals surface area contributed by atoms with Crippen molar-refractivity contribution in [3.63, 3.8) is 0 Å². The Morgan fingerprint density at radius 2 is 2.00 bits per heavy atom. The van der Waals surface area contributed by atoms with Crippen LogP contribution < -0.4 is 5.69 Å². The number of aromatic nitrogens is 4. The molecule has 1 saturated heterocycles. The molecule has 0 unspecified atom stereocenters. The van der Waals surface area contributed by atoms with Crippen molar-refractivity contribution in [3.8, 4) is 5.69 Å². The smallest absolute Gasteiger partial charge is 0.299 e. The van der Waals surface area contributed by atoms with Crippen LogP contribution in [0.25, 0.3) is 16.0 Å². The molecule has 4 heterocycles. The average Bonchev–Trinajstić information content (AvgIpc) is 3.49. The van der Waals surface area contributed by atoms with Gasteiger partial charge in [0, 0.05) is 37.1 Å². The van der Waals surface area contributed by atoms with Crippen molar-refractivity contribution in [1.29, 1.82) is 0 Å². The highest BCUT2D eigenvalue weighted by Gasteiger charge is 2.35. The third-order valence-electron chi connectivity index (χ3n) is 8.48. The number of benzene rings is 1. The fraction of sp³-hybridized carbons (Fsp3) is 0.433. The lowest BCUT2D eigenvalue weighted by atomic mass is 9.71. The van der Waals surface area contributed by atoms with Gasteiger partial charge in [0.25, 0.3) is 0 Å². The fourth-order valence-corrected chi connectivity index (χ4v) is 6.36. The largest absolute Gasteiger partial charge is 0.418 e. The Morgan fingerprint density at radius 1 is 1.18 bits per heavy atom. The average molecular weight is 549 g/mol. The van der Waals surface area contributed by atoms with Gasteiger partial charge in [-0.3, -0.25) is 19.0 Å². The first-order valence-corrected chi connectivity index (χ1v) is 13.8. The van der Waals surface area contributed by atoms with Crippen LogP contribution in [0.1, 0.15) is 67.3 Å². The van der Waals surface area contributed by atoms with Crippen LogP contribution in [0, 0.1) is 18.4 Å². The van der Waals surface area contributed by atoms with E-state index in [9.17, 15) is 18.0 Å². The van der Waals surface area contributed by atoms with Crippen molar-refractivity contribution < 1.29 is 13.2 Å². The molecular weight excluding hydrogens is 517 g/mol. The van der Waals surface area contributed by atoms with Gasteiger partial charge < -0.3 is 0 Å². The maximum Gasteiger partial charge on any atom is 0.418 e. The Kier molecular flexibility index (Phi) is 6.78. The third kappa shape index (κ3) is 4.83. The number of nitrogens with one attached hydrogen (secondary N) is 1. The van der Waals surface area contributed by atoms with Gasteiger partial charge in [-0.1, -0.05) is 25.5 Å². The zero-order valence-electron chi connectivity index (χ0n) is 22.3. The van der Waals surface area contributed by atoms with Crippen molar-refractivity contribution in [2.45, 2.75) is 57.7 Å². The molecule has 0 amide bonds. The van der Waals surface area contributed by atoms with Crippen LogP contribution in [0.5, 0.6) is 0 Å². The SMILES string of the molecule is [C-]#[N+]c1cn[nH]c1[C@@H](c1cccc(-n2cc3c(C(F)(F)F)cc(CN4CCC[C@H](C)C4)cn3c2=O)c1)C1CCC1. The molecule has 1 saturated carbocycles. The van der Waals surface area contributed by atoms with Gasteiger partial charge in [0.15, 0.2) is 0 Å². The molecule has 1 aliphatic carbocycles. The van der Waals surface area contributed by atoms with E-state index in [0.717, 1.165) is 60.9 Å². The number of aromatic amines is 1. The van der Waals surface area contributed by atoms with E-state index in [4.69, 9.17) is 6.57 Å². The Balaban J connectivity index is 1.43. The first-order chi connectivity index (χ1) is 19.2. The topological polar surface area (TPSA) is 62.7 Å². The zero-order chi connectivity index (χ0) is 28.0. The van der Waals surface area contributed by atoms with E-state index in [1.807, 2.05) is 18.2 Å². The maximum atomic E-state index is 14.2. The predicted octanol–water partition coefficient (Wildman–Crippen LogP) is 6.55. The molecule has 2 atom stereocenters. The second kappa shape index (κ2) is 10.3. The Morgan fingerprint density at radius 3 is 2.70 bits per heavy atom. The van der Waals surface area contributed by atoms with Gasteiger partial charge in [-0.2, -0.15) is 18.3 Å². The summed E-state index contributed by atoms with van der Waals surface area (Å²) in [4.78, 5) is 19.4. The van der Waals surface area contributed by atoms with Gasteiger partial charge in [0.05, 0.1) is 29.5 Å². The van der Waals surface area contributed by atoms with Gasteiger partial charge >= 0.3 is 11.9 Å². The first kappa shape index (κ1) is 26.4. The normalized spacial score (nSPS) is 19.4. The molecule has 40 heavy (non-hydrogen) atoms. The van der Waals surface area contributed by atoms with Crippen molar-refractivity contribution in [2.75, 3.05) is 13.1 Å². The van der Waals surface area contributed by atoms with Crippen LogP contribution in [0.4, 0.5) is 18.9 Å². The number of fused-ring (bicyclic) bond motifs is 1. The number of H-pyrrole nitrogens is 1. The van der Waals surface area contributed by atoms with E-state index in [-0.39, 0.29) is 11.4 Å². The van der Waals surface area contributed by atoms with Gasteiger partial charge in [-0.25, -0.2) is 9.64 Å². The van der Waals surface area contributed by atoms with Gasteiger partial charge in [-0.15, -0.1) is 0 Å². The zero-order valence-corrected chi connectivity index (χ0v) is 22.3. The van der Waals surface area contributed by atoms with Crippen molar-refractivity contribution in [3.05, 3.63) is 93.2 Å². The fourth-order valence-electron chi connectivity index (χ4n) is 6.36. The second-order valence-electron chi connectivity index (χ2n) is 11.3. The van der Waals surface area contributed by atoms with Crippen LogP contribution >= 0.6 is 0 Å². The van der Waals surface area contributed by atoms with Crippen LogP contribution in [0.3, 0.4) is 0 Å². The molecule has 2 fully saturated rings. The molecule has 208 valence electrons. The Hall–Kier alpha value is -3.84. The van der Waals surface area contributed by atoms with Crippen molar-refractivity contribution in [1.82, 2.24) is 24.1 Å². The Labute approximate surface area is 230 Å². The number of hydrogen-bond acceptors (Lipinski definition) is 3. The Bertz CT molecular complexity index is 1640. The van der Waals surface area contributed by atoms with Gasteiger partial charge in [0.1, 0.15) is 0 Å². The van der Waals surface area contributed by atoms with E-state index in [0.29, 0.717) is 35.3 Å². The minimum Gasteiger partial charge on any atom is -0.299 e. The molecule has 1 N–H and O–H groups in total. The molecule has 0 spiro atoms. The lowest BCUT2D eigenvalue weighted by Crippen LogP contribution is -2.34. The second-order valence-corrected chi connectivity index (χ2v) is 11.3. The van der Waals surface area contributed by atoms with Crippen LogP contribution in [-0.4, -0.2) is 37.2 Å². The van der Waals surface area contributed by atoms with Gasteiger partial charge in [-0.05, 0) is 73.4 Å². The summed E-state index contributed by atoms with van der Waals surface area (Å²) in [6.07, 6.45) is 5.00. The van der Waals surface area contributed by atoms with E-state index >= 15 is 0 Å². The molecule has 0 bridgehead atoms. The number of pyridine rings is 1. The van der Waals surface area contributed by atoms with E-state index in [1.54, 1.807) is 12.3 Å². The molecule has 1 aliphatic heterocycles. The molecular formula is C30H31F3N6O. The number of likely N-dealkylation sites (tertiary alicyclic amines) is 1. The van der Waals surface area contributed by atoms with E-state index in [1.165, 1.54) is 23.0 Å². The molecule has 6 rings (SSSR count). The number of nitrogens with zero attached hydrogens (tertiary/aromatic N) is 5. The van der Waals surface area contributed by atoms with Gasteiger partial charge in [0.2, 0.25) is 5.69 Å². The van der Waals surface area contributed by atoms with Crippen molar-refractivity contribution in [2.24, 2.45) is 11.8 Å². The highest BCUT2D eigenvalue weighted by molar-refractivity contribution is 5.58. The molecule has 2 aliphatic rings. The summed E-state index contributed by atoms with van der Waals surface area (Å²) >= 11 is 0. The molecule has 7 nitrogen and oxygen atoms in total. The number of piperidine rings is 1. The minimum absolute atomic E-state index is 0.114. The molecule has 10 heteroatoms. The van der Waals surface area contributed by atoms with E-state index < -0.39 is 17.4 Å². The quantitative estimate of drug-likeness (QED) is 0.278. The van der Waals surface area contributed by atoms with Crippen LogP contribution in [0.2, 0.25) is 0 Å². The summed E-state index contributed by atoms with van der Waals surface area (Å²) in [5.74, 6) is 0.697. The third-order valence-corrected chi connectivity index (χ3v) is 8.48. The number of alkyl halides is 3. The number of rotatable bonds is 6. The maximum absolute atomic E-state index is 14.2. The lowest BCUT2D eigenvalue weighted by molar-refractivity contribution is -0.136. The highest BCUT2D eigenvalue weighted by Crippen LogP contribution is 2.45. The summed E-state index contributed by atoms with van der Waals surface area (Å²) in [7, 11) is 0. The highest BCUT2D eigenvalue weighted by atomic mass is 19.4. The van der Waals surface area contributed by atoms with Crippen LogP contribution in [-0.2, 0) is 12.7 Å². The summed E-state index contributed by atoms with van der Waals surface area (Å²) in [5, 5.41) is 7.08. The minimum atomic E-state index is -4.61. The molecule has 1 aromatic carbocycles. The molecule has 0 radical (unpaired) electrons. The van der Waals surface area contributed by atoms with Crippen molar-refractivity contribution >= 4 is 11.2 Å². The lowest BCUT2D eigenvalue weighted by Gasteiger charge is -2.34. The first-order valence-electron chi connectivity index (χ1n) is 13.8. The number of hydrogen-bond donors (Lipinski definition) is 1. The summed E-state index contributed by atoms with van der Waals surface area (Å²) in [5.41, 5.74) is 1.52. The predicted molar refractivity (Wildman–Crippen MR) is 146 cm³/mol. The summed E-state index contributed by atoms with van der Waals surface area (Å²) < 4.78 is 45.2. The molecule has 3 aromatic heterocycles. The standard InChI is InChI=1S/C30H31F3N6O/c1-19-6-5-11-37(15-19)16-20-12-24(30(31,32)33)26-18-38(29(40)39(26)17-20)23-10-4-9-22(13-23)27(21-7-3-8-21)28-25(34-2)14-35-36-28/h4,9-10,12-14,17-19,21,27H,3,5-8,11,15-16H2,1H3,(H,35,36)/t19-,27+/m0/s1. The van der Waals surface area contributed by atoms with Crippen LogP contribution in [0.15, 0.2) is 53.7 Å².